The molecule has 0 aliphatic rings. The molecule has 0 aliphatic carbocycles. The third-order valence-electron chi connectivity index (χ3n) is 2.51. The number of hydrogen-bond donors (Lipinski definition) is 3. The fraction of sp³-hybridized carbons (Fsp3) is 0.400. The molecule has 106 valence electrons. The summed E-state index contributed by atoms with van der Waals surface area (Å²) in [6.07, 6.45) is 1.61. The Kier molecular flexibility index (Phi) is 9.18. The molecule has 0 bridgehead atoms. The molecule has 2 rings (SSSR count). The fourth-order valence-electron chi connectivity index (χ4n) is 1.84. The van der Waals surface area contributed by atoms with Gasteiger partial charge in [-0.1, -0.05) is 26.0 Å². The van der Waals surface area contributed by atoms with E-state index >= 15 is 0 Å². The number of hydrogen-bond acceptors (Lipinski definition) is 2. The number of benzene rings is 1. The van der Waals surface area contributed by atoms with E-state index in [1.165, 1.54) is 23.7 Å². The van der Waals surface area contributed by atoms with Crippen LogP contribution in [0.25, 0.3) is 10.9 Å². The molecular weight excluding hydrogens is 238 g/mol. The van der Waals surface area contributed by atoms with Crippen LogP contribution in [0.15, 0.2) is 24.3 Å². The van der Waals surface area contributed by atoms with Gasteiger partial charge in [0.2, 0.25) is 6.41 Å². The lowest BCUT2D eigenvalue weighted by molar-refractivity contribution is -0.109. The number of rotatable bonds is 4. The number of nitrogens with one attached hydrogen (secondary N) is 2. The van der Waals surface area contributed by atoms with Gasteiger partial charge in [-0.2, -0.15) is 0 Å². The van der Waals surface area contributed by atoms with Gasteiger partial charge in [-0.3, -0.25) is 4.79 Å². The number of H-pyrrole nitrogens is 1. The number of nitrogens with two attached hydrogens (primary N) is 1. The summed E-state index contributed by atoms with van der Waals surface area (Å²) in [5.74, 6) is 0. The Morgan fingerprint density at radius 3 is 2.63 bits per heavy atom. The van der Waals surface area contributed by atoms with Crippen LogP contribution in [0.5, 0.6) is 0 Å². The zero-order valence-electron chi connectivity index (χ0n) is 12.3. The van der Waals surface area contributed by atoms with Crippen molar-refractivity contribution < 1.29 is 4.79 Å². The number of aryl methyl sites for hydroxylation is 1. The number of aromatic nitrogens is 1. The maximum atomic E-state index is 10.1. The second-order valence-corrected chi connectivity index (χ2v) is 3.65. The van der Waals surface area contributed by atoms with E-state index in [9.17, 15) is 4.79 Å². The SMILES string of the molecule is CC.CN.Cc1cc2c(CCNC=O)cccc2[nH]1. The van der Waals surface area contributed by atoms with Gasteiger partial charge in [-0.25, -0.2) is 0 Å². The number of fused-ring (bicyclic) bond motifs is 1. The van der Waals surface area contributed by atoms with Gasteiger partial charge in [0.1, 0.15) is 0 Å². The Hall–Kier alpha value is -1.81. The van der Waals surface area contributed by atoms with Crippen molar-refractivity contribution in [3.63, 3.8) is 0 Å². The minimum atomic E-state index is 0.687. The lowest BCUT2D eigenvalue weighted by Gasteiger charge is -2.02. The van der Waals surface area contributed by atoms with Gasteiger partial charge in [0.15, 0.2) is 0 Å². The third kappa shape index (κ3) is 5.14. The monoisotopic (exact) mass is 263 g/mol. The van der Waals surface area contributed by atoms with E-state index in [2.05, 4.69) is 34.2 Å². The van der Waals surface area contributed by atoms with Crippen molar-refractivity contribution in [1.82, 2.24) is 10.3 Å². The van der Waals surface area contributed by atoms with Crippen LogP contribution in [-0.2, 0) is 11.2 Å². The number of aromatic amines is 1. The topological polar surface area (TPSA) is 70.9 Å². The van der Waals surface area contributed by atoms with Crippen LogP contribution in [0.1, 0.15) is 25.1 Å². The molecule has 0 aliphatic heterocycles. The summed E-state index contributed by atoms with van der Waals surface area (Å²) in [6, 6.07) is 8.35. The molecule has 0 saturated heterocycles. The largest absolute Gasteiger partial charge is 0.359 e. The smallest absolute Gasteiger partial charge is 0.207 e. The first-order chi connectivity index (χ1) is 9.31. The summed E-state index contributed by atoms with van der Waals surface area (Å²) >= 11 is 0. The summed E-state index contributed by atoms with van der Waals surface area (Å²) in [5.41, 5.74) is 8.10. The number of amides is 1. The minimum Gasteiger partial charge on any atom is -0.359 e. The number of carbonyl (C=O) groups is 1. The van der Waals surface area contributed by atoms with Crippen LogP contribution in [0.2, 0.25) is 0 Å². The van der Waals surface area contributed by atoms with Gasteiger partial charge in [-0.05, 0) is 38.1 Å². The Bertz CT molecular complexity index is 477. The summed E-state index contributed by atoms with van der Waals surface area (Å²) in [5, 5.41) is 3.93. The van der Waals surface area contributed by atoms with Crippen LogP contribution in [0.4, 0.5) is 0 Å². The zero-order chi connectivity index (χ0) is 14.7. The lowest BCUT2D eigenvalue weighted by Crippen LogP contribution is -2.14. The molecule has 4 N–H and O–H groups in total. The molecule has 0 radical (unpaired) electrons. The van der Waals surface area contributed by atoms with E-state index in [0.717, 1.165) is 18.3 Å². The van der Waals surface area contributed by atoms with Crippen LogP contribution < -0.4 is 11.1 Å². The normalized spacial score (nSPS) is 8.89. The minimum absolute atomic E-state index is 0.687. The summed E-state index contributed by atoms with van der Waals surface area (Å²) in [4.78, 5) is 13.4. The molecule has 0 fully saturated rings. The second-order valence-electron chi connectivity index (χ2n) is 3.65. The molecule has 1 aromatic heterocycles. The first-order valence-electron chi connectivity index (χ1n) is 6.63. The Morgan fingerprint density at radius 1 is 1.32 bits per heavy atom. The highest BCUT2D eigenvalue weighted by molar-refractivity contribution is 5.83. The molecule has 0 unspecified atom stereocenters. The maximum Gasteiger partial charge on any atom is 0.207 e. The molecule has 0 spiro atoms. The van der Waals surface area contributed by atoms with Crippen LogP contribution in [0, 0.1) is 6.92 Å². The quantitative estimate of drug-likeness (QED) is 0.585. The number of carbonyl (C=O) groups excluding carboxylic acids is 1. The summed E-state index contributed by atoms with van der Waals surface area (Å²) in [7, 11) is 1.50. The van der Waals surface area contributed by atoms with Gasteiger partial charge in [0, 0.05) is 23.1 Å². The molecule has 19 heavy (non-hydrogen) atoms. The van der Waals surface area contributed by atoms with Crippen LogP contribution >= 0.6 is 0 Å². The highest BCUT2D eigenvalue weighted by atomic mass is 16.1. The van der Waals surface area contributed by atoms with Crippen molar-refractivity contribution in [2.24, 2.45) is 5.73 Å². The van der Waals surface area contributed by atoms with Crippen molar-refractivity contribution >= 4 is 17.3 Å². The van der Waals surface area contributed by atoms with Gasteiger partial charge in [0.25, 0.3) is 0 Å². The van der Waals surface area contributed by atoms with Crippen molar-refractivity contribution in [1.29, 1.82) is 0 Å². The third-order valence-corrected chi connectivity index (χ3v) is 2.51. The van der Waals surface area contributed by atoms with Crippen molar-refractivity contribution in [3.8, 4) is 0 Å². The predicted octanol–water partition coefficient (Wildman–Crippen LogP) is 2.37. The fourth-order valence-corrected chi connectivity index (χ4v) is 1.84. The molecule has 4 nitrogen and oxygen atoms in total. The highest BCUT2D eigenvalue weighted by Crippen LogP contribution is 2.19. The first kappa shape index (κ1) is 17.2. The molecule has 1 amide bonds. The Morgan fingerprint density at radius 2 is 2.00 bits per heavy atom. The van der Waals surface area contributed by atoms with E-state index in [4.69, 9.17) is 0 Å². The van der Waals surface area contributed by atoms with Gasteiger partial charge >= 0.3 is 0 Å². The molecule has 1 aromatic carbocycles. The summed E-state index contributed by atoms with van der Waals surface area (Å²) in [6.45, 7) is 6.74. The van der Waals surface area contributed by atoms with E-state index in [1.807, 2.05) is 26.8 Å². The van der Waals surface area contributed by atoms with Crippen molar-refractivity contribution in [2.75, 3.05) is 13.6 Å². The van der Waals surface area contributed by atoms with E-state index < -0.39 is 0 Å². The van der Waals surface area contributed by atoms with E-state index in [1.54, 1.807) is 0 Å². The molecule has 1 heterocycles. The van der Waals surface area contributed by atoms with E-state index in [-0.39, 0.29) is 0 Å². The molecule has 0 atom stereocenters. The molecule has 0 saturated carbocycles. The van der Waals surface area contributed by atoms with Gasteiger partial charge in [0.05, 0.1) is 0 Å². The molecular formula is C15H25N3O. The Labute approximate surface area is 115 Å². The molecule has 2 aromatic rings. The van der Waals surface area contributed by atoms with E-state index in [0.29, 0.717) is 6.54 Å². The zero-order valence-corrected chi connectivity index (χ0v) is 12.3. The average molecular weight is 263 g/mol. The second kappa shape index (κ2) is 10.1. The van der Waals surface area contributed by atoms with Crippen molar-refractivity contribution in [3.05, 3.63) is 35.5 Å². The first-order valence-corrected chi connectivity index (χ1v) is 6.63. The van der Waals surface area contributed by atoms with Gasteiger partial charge < -0.3 is 16.0 Å². The Balaban J connectivity index is 0.000000741. The standard InChI is InChI=1S/C12H14N2O.C2H6.CH5N/c1-9-7-11-10(5-6-13-8-15)3-2-4-12(11)14-9;2*1-2/h2-4,7-8,14H,5-6H2,1H3,(H,13,15);1-2H3;2H2,1H3. The van der Waals surface area contributed by atoms with Crippen LogP contribution in [-0.4, -0.2) is 25.0 Å². The van der Waals surface area contributed by atoms with Crippen molar-refractivity contribution in [2.45, 2.75) is 27.2 Å². The summed E-state index contributed by atoms with van der Waals surface area (Å²) < 4.78 is 0. The lowest BCUT2D eigenvalue weighted by atomic mass is 10.1. The highest BCUT2D eigenvalue weighted by Gasteiger charge is 2.02. The predicted molar refractivity (Wildman–Crippen MR) is 82.3 cm³/mol. The molecule has 4 heteroatoms. The average Bonchev–Trinajstić information content (AvgIpc) is 2.85. The van der Waals surface area contributed by atoms with Gasteiger partial charge in [-0.15, -0.1) is 0 Å². The maximum absolute atomic E-state index is 10.1. The van der Waals surface area contributed by atoms with Crippen LogP contribution in [0.3, 0.4) is 0 Å².